The van der Waals surface area contributed by atoms with Gasteiger partial charge in [-0.1, -0.05) is 12.8 Å². The lowest BCUT2D eigenvalue weighted by Gasteiger charge is -2.08. The molecule has 0 atom stereocenters. The Bertz CT molecular complexity index is 403. The van der Waals surface area contributed by atoms with Gasteiger partial charge in [-0.3, -0.25) is 0 Å². The van der Waals surface area contributed by atoms with E-state index in [2.05, 4.69) is 11.4 Å². The van der Waals surface area contributed by atoms with E-state index >= 15 is 0 Å². The standard InChI is InChI=1S/C16H25NO2/c1-12-14(11-18-10-13-4-2-3-5-13)8-16(19-12)9-17-15-6-7-15/h8,13,15,17H,2-7,9-11H2,1H3. The predicted octanol–water partition coefficient (Wildman–Crippen LogP) is 3.55. The Morgan fingerprint density at radius 1 is 1.26 bits per heavy atom. The van der Waals surface area contributed by atoms with Crippen molar-refractivity contribution in [3.63, 3.8) is 0 Å². The fourth-order valence-electron chi connectivity index (χ4n) is 2.86. The topological polar surface area (TPSA) is 34.4 Å². The summed E-state index contributed by atoms with van der Waals surface area (Å²) in [4.78, 5) is 0. The van der Waals surface area contributed by atoms with Crippen molar-refractivity contribution in [2.45, 2.75) is 64.6 Å². The summed E-state index contributed by atoms with van der Waals surface area (Å²) in [5.41, 5.74) is 1.21. The van der Waals surface area contributed by atoms with Crippen molar-refractivity contribution in [1.29, 1.82) is 0 Å². The zero-order valence-corrected chi connectivity index (χ0v) is 11.9. The molecule has 0 unspecified atom stereocenters. The average molecular weight is 263 g/mol. The lowest BCUT2D eigenvalue weighted by atomic mass is 10.1. The molecule has 3 heteroatoms. The first-order valence-corrected chi connectivity index (χ1v) is 7.70. The van der Waals surface area contributed by atoms with Gasteiger partial charge < -0.3 is 14.5 Å². The van der Waals surface area contributed by atoms with Crippen LogP contribution in [-0.4, -0.2) is 12.6 Å². The lowest BCUT2D eigenvalue weighted by Crippen LogP contribution is -2.14. The van der Waals surface area contributed by atoms with Crippen molar-refractivity contribution in [1.82, 2.24) is 5.32 Å². The number of aryl methyl sites for hydroxylation is 1. The maximum Gasteiger partial charge on any atom is 0.118 e. The molecule has 1 N–H and O–H groups in total. The molecule has 0 saturated heterocycles. The molecule has 106 valence electrons. The van der Waals surface area contributed by atoms with Gasteiger partial charge in [0.2, 0.25) is 0 Å². The molecule has 1 heterocycles. The number of hydrogen-bond donors (Lipinski definition) is 1. The number of ether oxygens (including phenoxy) is 1. The van der Waals surface area contributed by atoms with Gasteiger partial charge >= 0.3 is 0 Å². The van der Waals surface area contributed by atoms with Crippen LogP contribution in [0.25, 0.3) is 0 Å². The predicted molar refractivity (Wildman–Crippen MR) is 74.9 cm³/mol. The second-order valence-corrected chi connectivity index (χ2v) is 6.11. The zero-order chi connectivity index (χ0) is 13.1. The summed E-state index contributed by atoms with van der Waals surface area (Å²) in [7, 11) is 0. The van der Waals surface area contributed by atoms with Crippen molar-refractivity contribution in [2.75, 3.05) is 6.61 Å². The van der Waals surface area contributed by atoms with Crippen LogP contribution in [0, 0.1) is 12.8 Å². The normalized spacial score (nSPS) is 20.3. The quantitative estimate of drug-likeness (QED) is 0.817. The van der Waals surface area contributed by atoms with E-state index in [9.17, 15) is 0 Å². The number of nitrogens with one attached hydrogen (secondary N) is 1. The Labute approximate surface area is 115 Å². The van der Waals surface area contributed by atoms with Gasteiger partial charge in [0.15, 0.2) is 0 Å². The van der Waals surface area contributed by atoms with Crippen LogP contribution in [0.2, 0.25) is 0 Å². The third-order valence-electron chi connectivity index (χ3n) is 4.30. The number of furan rings is 1. The molecule has 19 heavy (non-hydrogen) atoms. The highest BCUT2D eigenvalue weighted by Crippen LogP contribution is 2.25. The molecule has 1 aromatic heterocycles. The van der Waals surface area contributed by atoms with Crippen LogP contribution in [0.3, 0.4) is 0 Å². The Kier molecular flexibility index (Phi) is 4.24. The van der Waals surface area contributed by atoms with Gasteiger partial charge in [-0.05, 0) is 44.6 Å². The van der Waals surface area contributed by atoms with Gasteiger partial charge in [-0.25, -0.2) is 0 Å². The van der Waals surface area contributed by atoms with Crippen LogP contribution in [0.15, 0.2) is 10.5 Å². The van der Waals surface area contributed by atoms with E-state index in [1.54, 1.807) is 0 Å². The van der Waals surface area contributed by atoms with E-state index in [0.29, 0.717) is 6.61 Å². The minimum atomic E-state index is 0.704. The van der Waals surface area contributed by atoms with E-state index in [4.69, 9.17) is 9.15 Å². The van der Waals surface area contributed by atoms with E-state index in [-0.39, 0.29) is 0 Å². The van der Waals surface area contributed by atoms with Crippen molar-refractivity contribution < 1.29 is 9.15 Å². The largest absolute Gasteiger partial charge is 0.465 e. The molecule has 0 radical (unpaired) electrons. The van der Waals surface area contributed by atoms with Crippen LogP contribution in [0.1, 0.15) is 55.6 Å². The molecule has 0 amide bonds. The van der Waals surface area contributed by atoms with Crippen LogP contribution in [0.5, 0.6) is 0 Å². The maximum absolute atomic E-state index is 5.86. The van der Waals surface area contributed by atoms with Crippen molar-refractivity contribution in [3.05, 3.63) is 23.2 Å². The van der Waals surface area contributed by atoms with Crippen LogP contribution in [0.4, 0.5) is 0 Å². The van der Waals surface area contributed by atoms with Gasteiger partial charge in [-0.2, -0.15) is 0 Å². The summed E-state index contributed by atoms with van der Waals surface area (Å²) in [5, 5.41) is 3.48. The molecule has 0 spiro atoms. The van der Waals surface area contributed by atoms with E-state index in [1.807, 2.05) is 6.92 Å². The smallest absolute Gasteiger partial charge is 0.118 e. The van der Waals surface area contributed by atoms with Gasteiger partial charge in [0, 0.05) is 18.2 Å². The maximum atomic E-state index is 5.86. The van der Waals surface area contributed by atoms with Crippen molar-refractivity contribution >= 4 is 0 Å². The van der Waals surface area contributed by atoms with E-state index in [1.165, 1.54) is 44.1 Å². The Balaban J connectivity index is 1.43. The molecule has 2 aliphatic carbocycles. The lowest BCUT2D eigenvalue weighted by molar-refractivity contribution is 0.0881. The summed E-state index contributed by atoms with van der Waals surface area (Å²) >= 11 is 0. The highest BCUT2D eigenvalue weighted by molar-refractivity contribution is 5.20. The molecule has 0 bridgehead atoms. The van der Waals surface area contributed by atoms with Crippen LogP contribution in [-0.2, 0) is 17.9 Å². The minimum Gasteiger partial charge on any atom is -0.465 e. The van der Waals surface area contributed by atoms with Crippen molar-refractivity contribution in [3.8, 4) is 0 Å². The molecular weight excluding hydrogens is 238 g/mol. The first-order chi connectivity index (χ1) is 9.31. The summed E-state index contributed by atoms with van der Waals surface area (Å²) < 4.78 is 11.6. The molecule has 0 aliphatic heterocycles. The van der Waals surface area contributed by atoms with E-state index in [0.717, 1.165) is 36.6 Å². The average Bonchev–Trinajstić information content (AvgIpc) is 2.96. The summed E-state index contributed by atoms with van der Waals surface area (Å²) in [5.74, 6) is 2.85. The second-order valence-electron chi connectivity index (χ2n) is 6.11. The number of hydrogen-bond acceptors (Lipinski definition) is 3. The summed E-state index contributed by atoms with van der Waals surface area (Å²) in [6.07, 6.45) is 8.10. The first kappa shape index (κ1) is 13.2. The third kappa shape index (κ3) is 3.83. The van der Waals surface area contributed by atoms with E-state index < -0.39 is 0 Å². The monoisotopic (exact) mass is 263 g/mol. The molecule has 1 aromatic rings. The van der Waals surface area contributed by atoms with Gasteiger partial charge in [0.1, 0.15) is 11.5 Å². The Morgan fingerprint density at radius 2 is 2.05 bits per heavy atom. The Morgan fingerprint density at radius 3 is 2.79 bits per heavy atom. The molecule has 2 saturated carbocycles. The molecular formula is C16H25NO2. The molecule has 0 aromatic carbocycles. The highest BCUT2D eigenvalue weighted by atomic mass is 16.5. The SMILES string of the molecule is Cc1oc(CNC2CC2)cc1COCC1CCCC1. The first-order valence-electron chi connectivity index (χ1n) is 7.70. The van der Waals surface area contributed by atoms with Crippen LogP contribution >= 0.6 is 0 Å². The zero-order valence-electron chi connectivity index (χ0n) is 11.9. The van der Waals surface area contributed by atoms with Crippen LogP contribution < -0.4 is 5.32 Å². The minimum absolute atomic E-state index is 0.704. The molecule has 2 fully saturated rings. The third-order valence-corrected chi connectivity index (χ3v) is 4.30. The number of rotatable bonds is 7. The van der Waals surface area contributed by atoms with Gasteiger partial charge in [-0.15, -0.1) is 0 Å². The fourth-order valence-corrected chi connectivity index (χ4v) is 2.86. The van der Waals surface area contributed by atoms with Gasteiger partial charge in [0.05, 0.1) is 13.2 Å². The van der Waals surface area contributed by atoms with Gasteiger partial charge in [0.25, 0.3) is 0 Å². The van der Waals surface area contributed by atoms with Crippen molar-refractivity contribution in [2.24, 2.45) is 5.92 Å². The molecule has 3 rings (SSSR count). The highest BCUT2D eigenvalue weighted by Gasteiger charge is 2.21. The fraction of sp³-hybridized carbons (Fsp3) is 0.750. The second kappa shape index (κ2) is 6.10. The molecule has 3 nitrogen and oxygen atoms in total. The molecule has 2 aliphatic rings. The Hall–Kier alpha value is -0.800. The summed E-state index contributed by atoms with van der Waals surface area (Å²) in [6, 6.07) is 2.88. The summed E-state index contributed by atoms with van der Waals surface area (Å²) in [6.45, 7) is 4.51.